The number of nitro benzene ring substituents is 1. The fraction of sp³-hybridized carbons (Fsp3) is 0.0645. The molecule has 0 saturated heterocycles. The Balaban J connectivity index is 1.57. The summed E-state index contributed by atoms with van der Waals surface area (Å²) in [6, 6.07) is 23.4. The summed E-state index contributed by atoms with van der Waals surface area (Å²) in [7, 11) is 1.34. The standard InChI is InChI=1S/C31H22N4O8/c1-19(36)42-27-14-12-21(17-28(27)41-2)31(38)43-26-15-13-23(35(39)40)16-22(26)18-32-34-29(20-8-4-3-5-9-20)33-25-11-7-6-10-24(25)30(34)37/h3-18H,1-2H3. The van der Waals surface area contributed by atoms with E-state index in [1.54, 1.807) is 48.5 Å². The van der Waals surface area contributed by atoms with Crippen molar-refractivity contribution in [3.8, 4) is 28.6 Å². The first-order chi connectivity index (χ1) is 20.7. The average Bonchev–Trinajstić information content (AvgIpc) is 3.01. The molecule has 0 N–H and O–H groups in total. The lowest BCUT2D eigenvalue weighted by Crippen LogP contribution is -2.20. The highest BCUT2D eigenvalue weighted by Gasteiger charge is 2.18. The maximum absolute atomic E-state index is 13.5. The monoisotopic (exact) mass is 578 g/mol. The fourth-order valence-corrected chi connectivity index (χ4v) is 4.16. The molecule has 0 aliphatic heterocycles. The molecule has 0 bridgehead atoms. The normalized spacial score (nSPS) is 10.9. The van der Waals surface area contributed by atoms with Crippen LogP contribution in [0.3, 0.4) is 0 Å². The Kier molecular flexibility index (Phi) is 8.01. The van der Waals surface area contributed by atoms with Crippen LogP contribution in [-0.4, -0.2) is 39.8 Å². The summed E-state index contributed by atoms with van der Waals surface area (Å²) in [5.41, 5.74) is 0.420. The Labute approximate surface area is 243 Å². The summed E-state index contributed by atoms with van der Waals surface area (Å²) in [5, 5.41) is 16.2. The SMILES string of the molecule is COc1cc(C(=O)Oc2ccc([N+](=O)[O-])cc2C=Nn2c(-c3ccccc3)nc3ccccc3c2=O)ccc1OC(C)=O. The molecule has 0 fully saturated rings. The third kappa shape index (κ3) is 6.12. The van der Waals surface area contributed by atoms with E-state index in [1.165, 1.54) is 50.6 Å². The van der Waals surface area contributed by atoms with Crippen LogP contribution >= 0.6 is 0 Å². The number of fused-ring (bicyclic) bond motifs is 1. The molecule has 0 amide bonds. The molecule has 12 heteroatoms. The molecule has 1 heterocycles. The molecule has 5 rings (SSSR count). The van der Waals surface area contributed by atoms with Gasteiger partial charge in [-0.25, -0.2) is 9.78 Å². The van der Waals surface area contributed by atoms with Gasteiger partial charge in [-0.2, -0.15) is 9.78 Å². The highest BCUT2D eigenvalue weighted by Crippen LogP contribution is 2.30. The van der Waals surface area contributed by atoms with Gasteiger partial charge >= 0.3 is 11.9 Å². The van der Waals surface area contributed by atoms with Gasteiger partial charge in [-0.05, 0) is 36.4 Å². The minimum atomic E-state index is -0.828. The predicted molar refractivity (Wildman–Crippen MR) is 157 cm³/mol. The van der Waals surface area contributed by atoms with E-state index in [0.29, 0.717) is 16.5 Å². The van der Waals surface area contributed by atoms with Crippen molar-refractivity contribution in [1.82, 2.24) is 9.66 Å². The van der Waals surface area contributed by atoms with Crippen molar-refractivity contribution in [1.29, 1.82) is 0 Å². The van der Waals surface area contributed by atoms with Crippen molar-refractivity contribution in [2.45, 2.75) is 6.92 Å². The van der Waals surface area contributed by atoms with Gasteiger partial charge in [-0.1, -0.05) is 42.5 Å². The van der Waals surface area contributed by atoms with Crippen LogP contribution < -0.4 is 19.8 Å². The molecule has 0 saturated carbocycles. The van der Waals surface area contributed by atoms with E-state index in [-0.39, 0.29) is 39.9 Å². The molecule has 4 aromatic carbocycles. The van der Waals surface area contributed by atoms with Gasteiger partial charge in [0.25, 0.3) is 11.2 Å². The van der Waals surface area contributed by atoms with Gasteiger partial charge in [0.1, 0.15) is 5.75 Å². The second kappa shape index (κ2) is 12.1. The summed E-state index contributed by atoms with van der Waals surface area (Å²) in [6.07, 6.45) is 1.18. The number of methoxy groups -OCH3 is 1. The summed E-state index contributed by atoms with van der Waals surface area (Å²) in [4.78, 5) is 53.5. The van der Waals surface area contributed by atoms with Gasteiger partial charge in [0, 0.05) is 30.2 Å². The first-order valence-corrected chi connectivity index (χ1v) is 12.7. The Bertz CT molecular complexity index is 1970. The van der Waals surface area contributed by atoms with E-state index >= 15 is 0 Å². The number of rotatable bonds is 8. The number of nitro groups is 1. The maximum atomic E-state index is 13.5. The summed E-state index contributed by atoms with van der Waals surface area (Å²) < 4.78 is 16.9. The van der Waals surface area contributed by atoms with E-state index < -0.39 is 22.4 Å². The average molecular weight is 579 g/mol. The van der Waals surface area contributed by atoms with Crippen molar-refractivity contribution >= 4 is 34.7 Å². The smallest absolute Gasteiger partial charge is 0.343 e. The molecule has 0 unspecified atom stereocenters. The van der Waals surface area contributed by atoms with E-state index in [0.717, 1.165) is 10.7 Å². The molecule has 0 atom stereocenters. The first-order valence-electron chi connectivity index (χ1n) is 12.7. The zero-order valence-electron chi connectivity index (χ0n) is 22.8. The predicted octanol–water partition coefficient (Wildman–Crippen LogP) is 5.01. The number of esters is 2. The lowest BCUT2D eigenvalue weighted by molar-refractivity contribution is -0.384. The third-order valence-corrected chi connectivity index (χ3v) is 6.16. The molecular formula is C31H22N4O8. The topological polar surface area (TPSA) is 152 Å². The highest BCUT2D eigenvalue weighted by atomic mass is 16.6. The van der Waals surface area contributed by atoms with E-state index in [2.05, 4.69) is 10.1 Å². The van der Waals surface area contributed by atoms with Crippen LogP contribution in [0.4, 0.5) is 5.69 Å². The molecule has 0 aliphatic carbocycles. The quantitative estimate of drug-likeness (QED) is 0.0813. The third-order valence-electron chi connectivity index (χ3n) is 6.16. The number of carbonyl (C=O) groups excluding carboxylic acids is 2. The Hall–Kier alpha value is -6.17. The second-order valence-electron chi connectivity index (χ2n) is 9.01. The Morgan fingerprint density at radius 1 is 0.907 bits per heavy atom. The molecule has 12 nitrogen and oxygen atoms in total. The van der Waals surface area contributed by atoms with Crippen molar-refractivity contribution < 1.29 is 28.7 Å². The van der Waals surface area contributed by atoms with Crippen LogP contribution in [0.25, 0.3) is 22.3 Å². The maximum Gasteiger partial charge on any atom is 0.343 e. The number of para-hydroxylation sites is 1. The van der Waals surface area contributed by atoms with Gasteiger partial charge in [0.05, 0.1) is 34.7 Å². The minimum Gasteiger partial charge on any atom is -0.493 e. The molecule has 214 valence electrons. The molecule has 0 aliphatic rings. The summed E-state index contributed by atoms with van der Waals surface area (Å²) in [5.74, 6) is -0.995. The van der Waals surface area contributed by atoms with Crippen molar-refractivity contribution in [3.63, 3.8) is 0 Å². The molecular weight excluding hydrogens is 556 g/mol. The fourth-order valence-electron chi connectivity index (χ4n) is 4.16. The molecule has 0 radical (unpaired) electrons. The van der Waals surface area contributed by atoms with E-state index in [1.807, 2.05) is 6.07 Å². The van der Waals surface area contributed by atoms with Gasteiger partial charge in [0.15, 0.2) is 17.3 Å². The summed E-state index contributed by atoms with van der Waals surface area (Å²) in [6.45, 7) is 1.23. The number of aromatic nitrogens is 2. The molecule has 43 heavy (non-hydrogen) atoms. The highest BCUT2D eigenvalue weighted by molar-refractivity contribution is 5.94. The van der Waals surface area contributed by atoms with Crippen LogP contribution in [0.1, 0.15) is 22.8 Å². The van der Waals surface area contributed by atoms with Crippen LogP contribution in [0.15, 0.2) is 101 Å². The van der Waals surface area contributed by atoms with Crippen molar-refractivity contribution in [2.24, 2.45) is 5.10 Å². The zero-order valence-corrected chi connectivity index (χ0v) is 22.8. The second-order valence-corrected chi connectivity index (χ2v) is 9.01. The zero-order chi connectivity index (χ0) is 30.5. The first kappa shape index (κ1) is 28.4. The number of non-ortho nitro benzene ring substituents is 1. The summed E-state index contributed by atoms with van der Waals surface area (Å²) >= 11 is 0. The number of carbonyl (C=O) groups is 2. The lowest BCUT2D eigenvalue weighted by atomic mass is 10.1. The van der Waals surface area contributed by atoms with Crippen LogP contribution in [0.2, 0.25) is 0 Å². The number of benzene rings is 4. The van der Waals surface area contributed by atoms with Crippen LogP contribution in [-0.2, 0) is 4.79 Å². The largest absolute Gasteiger partial charge is 0.493 e. The Morgan fingerprint density at radius 2 is 1.63 bits per heavy atom. The number of nitrogens with zero attached hydrogens (tertiary/aromatic N) is 4. The molecule has 5 aromatic rings. The number of hydrogen-bond donors (Lipinski definition) is 0. The van der Waals surface area contributed by atoms with Crippen molar-refractivity contribution in [2.75, 3.05) is 7.11 Å². The van der Waals surface area contributed by atoms with Crippen LogP contribution in [0.5, 0.6) is 17.2 Å². The van der Waals surface area contributed by atoms with E-state index in [9.17, 15) is 24.5 Å². The minimum absolute atomic E-state index is 0.0464. The van der Waals surface area contributed by atoms with Gasteiger partial charge in [0.2, 0.25) is 0 Å². The van der Waals surface area contributed by atoms with Gasteiger partial charge < -0.3 is 14.2 Å². The molecule has 0 spiro atoms. The van der Waals surface area contributed by atoms with E-state index in [4.69, 9.17) is 14.2 Å². The van der Waals surface area contributed by atoms with Crippen molar-refractivity contribution in [3.05, 3.63) is 123 Å². The lowest BCUT2D eigenvalue weighted by Gasteiger charge is -2.11. The van der Waals surface area contributed by atoms with Crippen LogP contribution in [0, 0.1) is 10.1 Å². The number of ether oxygens (including phenoxy) is 3. The number of hydrogen-bond acceptors (Lipinski definition) is 10. The van der Waals surface area contributed by atoms with Gasteiger partial charge in [-0.15, -0.1) is 0 Å². The molecule has 1 aromatic heterocycles. The Morgan fingerprint density at radius 3 is 2.35 bits per heavy atom. The van der Waals surface area contributed by atoms with Gasteiger partial charge in [-0.3, -0.25) is 19.7 Å².